The van der Waals surface area contributed by atoms with Gasteiger partial charge < -0.3 is 21.1 Å². The lowest BCUT2D eigenvalue weighted by molar-refractivity contribution is -0.124. The highest BCUT2D eigenvalue weighted by Crippen LogP contribution is 2.32. The Kier molecular flexibility index (Phi) is 7.83. The number of nitrogens with one attached hydrogen (secondary N) is 2. The topological polar surface area (TPSA) is 120 Å². The zero-order valence-corrected chi connectivity index (χ0v) is 21.9. The van der Waals surface area contributed by atoms with E-state index in [4.69, 9.17) is 15.5 Å². The molecule has 2 heterocycles. The van der Waals surface area contributed by atoms with Gasteiger partial charge in [0.2, 0.25) is 5.91 Å². The van der Waals surface area contributed by atoms with E-state index in [9.17, 15) is 4.79 Å². The van der Waals surface area contributed by atoms with Gasteiger partial charge in [0.05, 0.1) is 23.7 Å². The predicted octanol–water partition coefficient (Wildman–Crippen LogP) is 4.86. The van der Waals surface area contributed by atoms with Gasteiger partial charge in [-0.2, -0.15) is 5.10 Å². The number of hydrogen-bond acceptors (Lipinski definition) is 7. The molecule has 5 rings (SSSR count). The molecule has 0 saturated heterocycles. The summed E-state index contributed by atoms with van der Waals surface area (Å²) in [5, 5.41) is 11.8. The summed E-state index contributed by atoms with van der Waals surface area (Å²) in [6.07, 6.45) is 7.17. The number of ether oxygens (including phenoxy) is 1. The first-order valence-corrected chi connectivity index (χ1v) is 13.4. The van der Waals surface area contributed by atoms with Crippen molar-refractivity contribution < 1.29 is 9.53 Å². The summed E-state index contributed by atoms with van der Waals surface area (Å²) in [4.78, 5) is 22.0. The Bertz CT molecular complexity index is 1360. The molecule has 1 saturated carbocycles. The van der Waals surface area contributed by atoms with Gasteiger partial charge in [0.1, 0.15) is 17.3 Å². The van der Waals surface area contributed by atoms with Crippen LogP contribution in [-0.2, 0) is 4.79 Å². The summed E-state index contributed by atoms with van der Waals surface area (Å²) in [5.74, 6) is 2.57. The Morgan fingerprint density at radius 3 is 2.45 bits per heavy atom. The molecule has 9 nitrogen and oxygen atoms in total. The maximum atomic E-state index is 12.6. The van der Waals surface area contributed by atoms with E-state index in [1.54, 1.807) is 6.20 Å². The van der Waals surface area contributed by atoms with Gasteiger partial charge >= 0.3 is 0 Å². The average Bonchev–Trinajstić information content (AvgIpc) is 3.38. The number of carbonyl (C=O) groups is 1. The smallest absolute Gasteiger partial charge is 0.237 e. The Morgan fingerprint density at radius 2 is 1.76 bits per heavy atom. The normalized spacial score (nSPS) is 18.3. The van der Waals surface area contributed by atoms with Crippen LogP contribution in [0.2, 0.25) is 0 Å². The number of para-hydroxylation sites is 1. The summed E-state index contributed by atoms with van der Waals surface area (Å²) in [6.45, 7) is 2.09. The van der Waals surface area contributed by atoms with Crippen molar-refractivity contribution in [1.29, 1.82) is 0 Å². The monoisotopic (exact) mass is 513 g/mol. The SMILES string of the molecule is CCC[C@@H](NC)C(=O)NC1CCC(n2ncc3c(N)nc(-c4ccc(Oc5ccccc5)cc4)nc32)CC1. The third-order valence-corrected chi connectivity index (χ3v) is 7.21. The highest BCUT2D eigenvalue weighted by Gasteiger charge is 2.27. The molecule has 0 unspecified atom stereocenters. The van der Waals surface area contributed by atoms with E-state index in [0.29, 0.717) is 11.6 Å². The van der Waals surface area contributed by atoms with Crippen molar-refractivity contribution in [2.24, 2.45) is 0 Å². The van der Waals surface area contributed by atoms with Gasteiger partial charge in [-0.25, -0.2) is 14.6 Å². The fourth-order valence-corrected chi connectivity index (χ4v) is 5.10. The highest BCUT2D eigenvalue weighted by molar-refractivity contribution is 5.87. The Balaban J connectivity index is 1.29. The van der Waals surface area contributed by atoms with Crippen molar-refractivity contribution in [3.8, 4) is 22.9 Å². The number of benzene rings is 2. The number of carbonyl (C=O) groups excluding carboxylic acids is 1. The van der Waals surface area contributed by atoms with Crippen molar-refractivity contribution in [2.75, 3.05) is 12.8 Å². The molecular weight excluding hydrogens is 478 g/mol. The molecule has 1 aliphatic rings. The third-order valence-electron chi connectivity index (χ3n) is 7.21. The van der Waals surface area contributed by atoms with Crippen molar-refractivity contribution in [3.05, 3.63) is 60.8 Å². The molecule has 38 heavy (non-hydrogen) atoms. The predicted molar refractivity (Wildman–Crippen MR) is 149 cm³/mol. The van der Waals surface area contributed by atoms with Crippen LogP contribution in [0.3, 0.4) is 0 Å². The number of nitrogens with two attached hydrogens (primary N) is 1. The summed E-state index contributed by atoms with van der Waals surface area (Å²) in [7, 11) is 1.84. The highest BCUT2D eigenvalue weighted by atomic mass is 16.5. The van der Waals surface area contributed by atoms with E-state index in [1.165, 1.54) is 0 Å². The number of rotatable bonds is 9. The van der Waals surface area contributed by atoms with Crippen molar-refractivity contribution in [3.63, 3.8) is 0 Å². The molecule has 1 atom stereocenters. The quantitative estimate of drug-likeness (QED) is 0.292. The Hall–Kier alpha value is -3.98. The standard InChI is InChI=1S/C29H35N7O2/c1-3-7-25(31-2)29(37)33-20-12-14-21(15-13-20)36-28-24(18-32-36)26(30)34-27(35-28)19-10-16-23(17-11-19)38-22-8-5-4-6-9-22/h4-6,8-11,16-18,20-21,25,31H,3,7,12-15H2,1-2H3,(H,33,37)(H2,30,34,35)/t20?,21?,25-/m1/s1. The number of anilines is 1. The van der Waals surface area contributed by atoms with Gasteiger partial charge in [-0.3, -0.25) is 4.79 Å². The minimum Gasteiger partial charge on any atom is -0.457 e. The fraction of sp³-hybridized carbons (Fsp3) is 0.379. The van der Waals surface area contributed by atoms with E-state index in [2.05, 4.69) is 27.6 Å². The minimum absolute atomic E-state index is 0.0904. The number of hydrogen-bond donors (Lipinski definition) is 3. The maximum absolute atomic E-state index is 12.6. The molecule has 1 amide bonds. The van der Waals surface area contributed by atoms with Crippen molar-refractivity contribution >= 4 is 22.8 Å². The molecule has 2 aromatic heterocycles. The average molecular weight is 514 g/mol. The zero-order chi connectivity index (χ0) is 26.5. The molecule has 0 spiro atoms. The first kappa shape index (κ1) is 25.7. The van der Waals surface area contributed by atoms with Crippen molar-refractivity contribution in [2.45, 2.75) is 63.6 Å². The number of nitrogen functional groups attached to an aromatic ring is 1. The summed E-state index contributed by atoms with van der Waals surface area (Å²) < 4.78 is 7.89. The van der Waals surface area contributed by atoms with E-state index in [0.717, 1.165) is 66.6 Å². The molecular formula is C29H35N7O2. The second kappa shape index (κ2) is 11.6. The van der Waals surface area contributed by atoms with Crippen LogP contribution in [0.4, 0.5) is 5.82 Å². The van der Waals surface area contributed by atoms with Crippen LogP contribution < -0.4 is 21.1 Å². The number of aromatic nitrogens is 4. The van der Waals surface area contributed by atoms with Crippen LogP contribution >= 0.6 is 0 Å². The molecule has 2 aromatic carbocycles. The van der Waals surface area contributed by atoms with Gasteiger partial charge in [-0.05, 0) is 75.5 Å². The van der Waals surface area contributed by atoms with E-state index in [1.807, 2.05) is 66.3 Å². The Morgan fingerprint density at radius 1 is 1.05 bits per heavy atom. The lowest BCUT2D eigenvalue weighted by Gasteiger charge is -2.30. The zero-order valence-electron chi connectivity index (χ0n) is 21.9. The second-order valence-electron chi connectivity index (χ2n) is 9.84. The first-order chi connectivity index (χ1) is 18.6. The number of amides is 1. The molecule has 9 heteroatoms. The van der Waals surface area contributed by atoms with Crippen LogP contribution in [0, 0.1) is 0 Å². The maximum Gasteiger partial charge on any atom is 0.237 e. The molecule has 0 aliphatic heterocycles. The summed E-state index contributed by atoms with van der Waals surface area (Å²) in [5.41, 5.74) is 7.92. The fourth-order valence-electron chi connectivity index (χ4n) is 5.10. The van der Waals surface area contributed by atoms with E-state index in [-0.39, 0.29) is 24.0 Å². The molecule has 198 valence electrons. The van der Waals surface area contributed by atoms with E-state index >= 15 is 0 Å². The molecule has 0 radical (unpaired) electrons. The lowest BCUT2D eigenvalue weighted by Crippen LogP contribution is -2.47. The van der Waals surface area contributed by atoms with Gasteiger partial charge in [-0.15, -0.1) is 0 Å². The van der Waals surface area contributed by atoms with Crippen LogP contribution in [-0.4, -0.2) is 44.8 Å². The number of fused-ring (bicyclic) bond motifs is 1. The second-order valence-corrected chi connectivity index (χ2v) is 9.84. The van der Waals surface area contributed by atoms with Gasteiger partial charge in [-0.1, -0.05) is 31.5 Å². The van der Waals surface area contributed by atoms with Crippen LogP contribution in [0.5, 0.6) is 11.5 Å². The van der Waals surface area contributed by atoms with Gasteiger partial charge in [0.15, 0.2) is 11.5 Å². The molecule has 1 fully saturated rings. The van der Waals surface area contributed by atoms with Crippen LogP contribution in [0.25, 0.3) is 22.4 Å². The van der Waals surface area contributed by atoms with Gasteiger partial charge in [0, 0.05) is 11.6 Å². The molecule has 4 N–H and O–H groups in total. The minimum atomic E-state index is -0.134. The molecule has 0 bridgehead atoms. The van der Waals surface area contributed by atoms with E-state index < -0.39 is 0 Å². The summed E-state index contributed by atoms with van der Waals surface area (Å²) in [6, 6.07) is 17.6. The Labute approximate surface area is 222 Å². The lowest BCUT2D eigenvalue weighted by atomic mass is 9.91. The number of nitrogens with zero attached hydrogens (tertiary/aromatic N) is 4. The first-order valence-electron chi connectivity index (χ1n) is 13.4. The summed E-state index contributed by atoms with van der Waals surface area (Å²) >= 11 is 0. The largest absolute Gasteiger partial charge is 0.457 e. The molecule has 1 aliphatic carbocycles. The van der Waals surface area contributed by atoms with Crippen LogP contribution in [0.15, 0.2) is 60.8 Å². The van der Waals surface area contributed by atoms with Crippen LogP contribution in [0.1, 0.15) is 51.5 Å². The van der Waals surface area contributed by atoms with Crippen molar-refractivity contribution in [1.82, 2.24) is 30.4 Å². The number of likely N-dealkylation sites (N-methyl/N-ethyl adjacent to an activating group) is 1. The third kappa shape index (κ3) is 5.62. The van der Waals surface area contributed by atoms with Gasteiger partial charge in [0.25, 0.3) is 0 Å². The molecule has 4 aromatic rings.